The number of hydrogen-bond acceptors (Lipinski definition) is 3. The summed E-state index contributed by atoms with van der Waals surface area (Å²) in [5.41, 5.74) is 1.10. The largest absolute Gasteiger partial charge is 0.491 e. The maximum Gasteiger partial charge on any atom is 0.223 e. The fourth-order valence-electron chi connectivity index (χ4n) is 4.00. The van der Waals surface area contributed by atoms with Crippen LogP contribution in [0.2, 0.25) is 0 Å². The first kappa shape index (κ1) is 20.4. The van der Waals surface area contributed by atoms with Gasteiger partial charge in [-0.1, -0.05) is 48.5 Å². The molecule has 1 heterocycles. The Morgan fingerprint density at radius 1 is 1.00 bits per heavy atom. The third kappa shape index (κ3) is 5.16. The number of halogens is 1. The molecule has 0 radical (unpaired) electrons. The summed E-state index contributed by atoms with van der Waals surface area (Å²) < 4.78 is 18.9. The maximum atomic E-state index is 13.0. The van der Waals surface area contributed by atoms with Crippen LogP contribution in [0.4, 0.5) is 4.39 Å². The van der Waals surface area contributed by atoms with Crippen LogP contribution >= 0.6 is 0 Å². The number of carbonyl (C=O) groups is 1. The van der Waals surface area contributed by atoms with Crippen LogP contribution in [0.15, 0.2) is 66.7 Å². The molecule has 4 nitrogen and oxygen atoms in total. The summed E-state index contributed by atoms with van der Waals surface area (Å²) in [4.78, 5) is 14.8. The fraction of sp³-hybridized carbons (Fsp3) is 0.320. The molecular weight excluding hydrogens is 379 g/mol. The highest BCUT2D eigenvalue weighted by Gasteiger charge is 2.24. The number of carbonyl (C=O) groups excluding carboxylic acids is 1. The fourth-order valence-corrected chi connectivity index (χ4v) is 4.00. The third-order valence-corrected chi connectivity index (χ3v) is 5.69. The standard InChI is InChI=1S/C25H27FN2O2/c26-22-10-8-19(9-11-22)18-28-15-12-21(13-16-28)25(29)27-14-17-30-24-7-3-5-20-4-1-2-6-23(20)24/h1-11,21H,12-18H2,(H,27,29). The molecule has 3 aromatic carbocycles. The Morgan fingerprint density at radius 3 is 2.53 bits per heavy atom. The summed E-state index contributed by atoms with van der Waals surface area (Å²) in [5.74, 6) is 0.792. The second kappa shape index (κ2) is 9.72. The van der Waals surface area contributed by atoms with Gasteiger partial charge in [0.05, 0.1) is 6.54 Å². The highest BCUT2D eigenvalue weighted by atomic mass is 19.1. The number of rotatable bonds is 7. The second-order valence-corrected chi connectivity index (χ2v) is 7.79. The summed E-state index contributed by atoms with van der Waals surface area (Å²) in [7, 11) is 0. The lowest BCUT2D eigenvalue weighted by Gasteiger charge is -2.31. The van der Waals surface area contributed by atoms with E-state index in [2.05, 4.69) is 22.3 Å². The van der Waals surface area contributed by atoms with Crippen molar-refractivity contribution in [3.8, 4) is 5.75 Å². The zero-order valence-corrected chi connectivity index (χ0v) is 17.0. The van der Waals surface area contributed by atoms with Crippen molar-refractivity contribution in [3.63, 3.8) is 0 Å². The van der Waals surface area contributed by atoms with E-state index >= 15 is 0 Å². The zero-order valence-electron chi connectivity index (χ0n) is 17.0. The van der Waals surface area contributed by atoms with Crippen LogP contribution in [0.5, 0.6) is 5.75 Å². The van der Waals surface area contributed by atoms with Crippen molar-refractivity contribution in [2.45, 2.75) is 19.4 Å². The Kier molecular flexibility index (Phi) is 6.60. The number of piperidine rings is 1. The summed E-state index contributed by atoms with van der Waals surface area (Å²) in [6.07, 6.45) is 1.69. The van der Waals surface area contributed by atoms with Crippen molar-refractivity contribution in [1.29, 1.82) is 0 Å². The Labute approximate surface area is 176 Å². The number of benzene rings is 3. The molecule has 156 valence electrons. The molecule has 0 aromatic heterocycles. The number of fused-ring (bicyclic) bond motifs is 1. The first-order chi connectivity index (χ1) is 14.7. The normalized spacial score (nSPS) is 15.2. The number of hydrogen-bond donors (Lipinski definition) is 1. The van der Waals surface area contributed by atoms with Gasteiger partial charge in [0.2, 0.25) is 5.91 Å². The van der Waals surface area contributed by atoms with Crippen molar-refractivity contribution >= 4 is 16.7 Å². The van der Waals surface area contributed by atoms with Crippen molar-refractivity contribution in [3.05, 3.63) is 78.1 Å². The minimum atomic E-state index is -0.210. The van der Waals surface area contributed by atoms with Crippen LogP contribution in [0.25, 0.3) is 10.8 Å². The van der Waals surface area contributed by atoms with Gasteiger partial charge in [-0.25, -0.2) is 4.39 Å². The van der Waals surface area contributed by atoms with E-state index < -0.39 is 0 Å². The molecule has 3 aromatic rings. The van der Waals surface area contributed by atoms with Gasteiger partial charge in [-0.3, -0.25) is 9.69 Å². The summed E-state index contributed by atoms with van der Waals surface area (Å²) in [6, 6.07) is 20.8. The summed E-state index contributed by atoms with van der Waals surface area (Å²) in [5, 5.41) is 5.25. The predicted octanol–water partition coefficient (Wildman–Crippen LogP) is 4.39. The number of likely N-dealkylation sites (tertiary alicyclic amines) is 1. The molecular formula is C25H27FN2O2. The van der Waals surface area contributed by atoms with E-state index in [9.17, 15) is 9.18 Å². The van der Waals surface area contributed by atoms with Crippen molar-refractivity contribution in [1.82, 2.24) is 10.2 Å². The smallest absolute Gasteiger partial charge is 0.223 e. The van der Waals surface area contributed by atoms with Gasteiger partial charge < -0.3 is 10.1 Å². The van der Waals surface area contributed by atoms with E-state index in [0.717, 1.165) is 54.6 Å². The van der Waals surface area contributed by atoms with E-state index in [0.29, 0.717) is 13.2 Å². The monoisotopic (exact) mass is 406 g/mol. The molecule has 1 aliphatic rings. The molecule has 1 fully saturated rings. The average molecular weight is 407 g/mol. The Hall–Kier alpha value is -2.92. The number of nitrogens with zero attached hydrogens (tertiary/aromatic N) is 1. The van der Waals surface area contributed by atoms with Gasteiger partial charge in [0.1, 0.15) is 18.2 Å². The third-order valence-electron chi connectivity index (χ3n) is 5.69. The van der Waals surface area contributed by atoms with Gasteiger partial charge in [0, 0.05) is 17.8 Å². The molecule has 30 heavy (non-hydrogen) atoms. The molecule has 4 rings (SSSR count). The lowest BCUT2D eigenvalue weighted by Crippen LogP contribution is -2.41. The lowest BCUT2D eigenvalue weighted by atomic mass is 9.95. The first-order valence-electron chi connectivity index (χ1n) is 10.5. The van der Waals surface area contributed by atoms with Gasteiger partial charge >= 0.3 is 0 Å². The van der Waals surface area contributed by atoms with Gasteiger partial charge in [-0.05, 0) is 55.1 Å². The topological polar surface area (TPSA) is 41.6 Å². The van der Waals surface area contributed by atoms with E-state index in [4.69, 9.17) is 4.74 Å². The highest BCUT2D eigenvalue weighted by Crippen LogP contribution is 2.25. The molecule has 0 saturated carbocycles. The van der Waals surface area contributed by atoms with Gasteiger partial charge in [0.25, 0.3) is 0 Å². The van der Waals surface area contributed by atoms with Crippen LogP contribution < -0.4 is 10.1 Å². The quantitative estimate of drug-likeness (QED) is 0.592. The van der Waals surface area contributed by atoms with Gasteiger partial charge in [0.15, 0.2) is 0 Å². The minimum absolute atomic E-state index is 0.0482. The summed E-state index contributed by atoms with van der Waals surface area (Å²) in [6.45, 7) is 3.50. The van der Waals surface area contributed by atoms with E-state index in [1.807, 2.05) is 42.5 Å². The molecule has 1 amide bonds. The molecule has 0 unspecified atom stereocenters. The second-order valence-electron chi connectivity index (χ2n) is 7.79. The molecule has 0 spiro atoms. The van der Waals surface area contributed by atoms with Crippen molar-refractivity contribution in [2.75, 3.05) is 26.2 Å². The Balaban J connectivity index is 1.18. The molecule has 5 heteroatoms. The molecule has 1 aliphatic heterocycles. The molecule has 0 atom stereocenters. The van der Waals surface area contributed by atoms with Gasteiger partial charge in [-0.15, -0.1) is 0 Å². The zero-order chi connectivity index (χ0) is 20.8. The van der Waals surface area contributed by atoms with Crippen LogP contribution in [0.1, 0.15) is 18.4 Å². The number of nitrogens with one attached hydrogen (secondary N) is 1. The van der Waals surface area contributed by atoms with E-state index in [1.54, 1.807) is 0 Å². The predicted molar refractivity (Wildman–Crippen MR) is 117 cm³/mol. The number of amides is 1. The SMILES string of the molecule is O=C(NCCOc1cccc2ccccc12)C1CCN(Cc2ccc(F)cc2)CC1. The Morgan fingerprint density at radius 2 is 1.73 bits per heavy atom. The van der Waals surface area contributed by atoms with Crippen LogP contribution in [0, 0.1) is 11.7 Å². The van der Waals surface area contributed by atoms with Crippen LogP contribution in [-0.4, -0.2) is 37.0 Å². The molecule has 1 N–H and O–H groups in total. The molecule has 0 bridgehead atoms. The van der Waals surface area contributed by atoms with Crippen LogP contribution in [-0.2, 0) is 11.3 Å². The van der Waals surface area contributed by atoms with Crippen molar-refractivity contribution in [2.24, 2.45) is 5.92 Å². The first-order valence-corrected chi connectivity index (χ1v) is 10.5. The highest BCUT2D eigenvalue weighted by molar-refractivity contribution is 5.88. The average Bonchev–Trinajstić information content (AvgIpc) is 2.79. The Bertz CT molecular complexity index is 977. The number of ether oxygens (including phenoxy) is 1. The van der Waals surface area contributed by atoms with Crippen molar-refractivity contribution < 1.29 is 13.9 Å². The van der Waals surface area contributed by atoms with E-state index in [1.165, 1.54) is 12.1 Å². The lowest BCUT2D eigenvalue weighted by molar-refractivity contribution is -0.126. The maximum absolute atomic E-state index is 13.0. The van der Waals surface area contributed by atoms with Gasteiger partial charge in [-0.2, -0.15) is 0 Å². The molecule has 1 saturated heterocycles. The van der Waals surface area contributed by atoms with Crippen LogP contribution in [0.3, 0.4) is 0 Å². The summed E-state index contributed by atoms with van der Waals surface area (Å²) >= 11 is 0. The molecule has 0 aliphatic carbocycles. The van der Waals surface area contributed by atoms with E-state index in [-0.39, 0.29) is 17.6 Å². The minimum Gasteiger partial charge on any atom is -0.491 e.